The van der Waals surface area contributed by atoms with Crippen molar-refractivity contribution in [3.63, 3.8) is 0 Å². The molecule has 32 heavy (non-hydrogen) atoms. The topological polar surface area (TPSA) is 65.4 Å². The fourth-order valence-electron chi connectivity index (χ4n) is 3.72. The van der Waals surface area contributed by atoms with Crippen molar-refractivity contribution in [1.82, 2.24) is 14.9 Å². The van der Waals surface area contributed by atoms with Crippen LogP contribution in [0.15, 0.2) is 78.9 Å². The molecule has 0 aliphatic heterocycles. The van der Waals surface area contributed by atoms with E-state index in [1.165, 1.54) is 0 Å². The molecule has 0 aliphatic rings. The van der Waals surface area contributed by atoms with E-state index < -0.39 is 0 Å². The van der Waals surface area contributed by atoms with Crippen LogP contribution in [-0.2, 0) is 17.9 Å². The number of benzene rings is 3. The first kappa shape index (κ1) is 21.4. The standard InChI is InChI=1S/C26H27N3O3/c1-3-22(19-13-15-20(31-2)16-14-19)28-26(30)17-29-24-12-8-7-11-23(24)27-25(29)18-32-21-9-5-4-6-10-21/h4-16,22H,3,17-18H2,1-2H3,(H,28,30). The number of hydrogen-bond acceptors (Lipinski definition) is 4. The zero-order valence-corrected chi connectivity index (χ0v) is 18.3. The summed E-state index contributed by atoms with van der Waals surface area (Å²) in [4.78, 5) is 17.7. The fraction of sp³-hybridized carbons (Fsp3) is 0.231. The average molecular weight is 430 g/mol. The van der Waals surface area contributed by atoms with Crippen molar-refractivity contribution in [3.8, 4) is 11.5 Å². The molecule has 1 atom stereocenters. The molecule has 1 heterocycles. The van der Waals surface area contributed by atoms with Gasteiger partial charge < -0.3 is 19.4 Å². The van der Waals surface area contributed by atoms with Gasteiger partial charge in [-0.1, -0.05) is 49.4 Å². The Morgan fingerprint density at radius 2 is 1.69 bits per heavy atom. The van der Waals surface area contributed by atoms with Gasteiger partial charge in [0.2, 0.25) is 5.91 Å². The average Bonchev–Trinajstić information content (AvgIpc) is 3.19. The molecule has 0 spiro atoms. The first-order chi connectivity index (χ1) is 15.7. The van der Waals surface area contributed by atoms with Gasteiger partial charge in [-0.05, 0) is 48.4 Å². The highest BCUT2D eigenvalue weighted by Gasteiger charge is 2.17. The van der Waals surface area contributed by atoms with Crippen LogP contribution in [0.4, 0.5) is 0 Å². The van der Waals surface area contributed by atoms with Gasteiger partial charge in [0.1, 0.15) is 30.5 Å². The lowest BCUT2D eigenvalue weighted by molar-refractivity contribution is -0.122. The summed E-state index contributed by atoms with van der Waals surface area (Å²) in [5.74, 6) is 2.20. The molecular weight excluding hydrogens is 402 g/mol. The quantitative estimate of drug-likeness (QED) is 0.411. The monoisotopic (exact) mass is 429 g/mol. The molecule has 164 valence electrons. The number of nitrogens with zero attached hydrogens (tertiary/aromatic N) is 2. The Hall–Kier alpha value is -3.80. The van der Waals surface area contributed by atoms with Gasteiger partial charge in [-0.15, -0.1) is 0 Å². The number of carbonyl (C=O) groups excluding carboxylic acids is 1. The highest BCUT2D eigenvalue weighted by molar-refractivity contribution is 5.81. The summed E-state index contributed by atoms with van der Waals surface area (Å²) >= 11 is 0. The molecule has 3 aromatic carbocycles. The zero-order chi connectivity index (χ0) is 22.3. The van der Waals surface area contributed by atoms with Crippen LogP contribution in [0.5, 0.6) is 11.5 Å². The molecule has 0 aliphatic carbocycles. The molecule has 0 bridgehead atoms. The van der Waals surface area contributed by atoms with Crippen molar-refractivity contribution in [3.05, 3.63) is 90.3 Å². The lowest BCUT2D eigenvalue weighted by Crippen LogP contribution is -2.31. The van der Waals surface area contributed by atoms with E-state index in [4.69, 9.17) is 14.5 Å². The summed E-state index contributed by atoms with van der Waals surface area (Å²) in [5.41, 5.74) is 2.80. The Morgan fingerprint density at radius 3 is 2.41 bits per heavy atom. The van der Waals surface area contributed by atoms with E-state index in [2.05, 4.69) is 12.2 Å². The van der Waals surface area contributed by atoms with E-state index in [-0.39, 0.29) is 25.1 Å². The second-order valence-corrected chi connectivity index (χ2v) is 7.51. The van der Waals surface area contributed by atoms with Crippen molar-refractivity contribution in [1.29, 1.82) is 0 Å². The van der Waals surface area contributed by atoms with Gasteiger partial charge in [-0.3, -0.25) is 4.79 Å². The number of rotatable bonds is 9. The van der Waals surface area contributed by atoms with E-state index in [9.17, 15) is 4.79 Å². The number of para-hydroxylation sites is 3. The molecule has 6 nitrogen and oxygen atoms in total. The minimum Gasteiger partial charge on any atom is -0.497 e. The normalized spacial score (nSPS) is 11.8. The third kappa shape index (κ3) is 4.91. The smallest absolute Gasteiger partial charge is 0.240 e. The molecule has 6 heteroatoms. The number of aromatic nitrogens is 2. The summed E-state index contributed by atoms with van der Waals surface area (Å²) < 4.78 is 13.1. The molecule has 0 radical (unpaired) electrons. The van der Waals surface area contributed by atoms with Crippen molar-refractivity contribution in [2.45, 2.75) is 32.5 Å². The van der Waals surface area contributed by atoms with Gasteiger partial charge in [0, 0.05) is 0 Å². The Bertz CT molecular complexity index is 1170. The third-order valence-electron chi connectivity index (χ3n) is 5.41. The minimum atomic E-state index is -0.0767. The molecule has 0 fully saturated rings. The van der Waals surface area contributed by atoms with E-state index in [0.29, 0.717) is 5.82 Å². The Labute approximate surface area is 187 Å². The van der Waals surface area contributed by atoms with Crippen LogP contribution in [0, 0.1) is 0 Å². The maximum absolute atomic E-state index is 13.0. The lowest BCUT2D eigenvalue weighted by atomic mass is 10.0. The van der Waals surface area contributed by atoms with Crippen LogP contribution >= 0.6 is 0 Å². The molecule has 4 rings (SSSR count). The number of hydrogen-bond donors (Lipinski definition) is 1. The summed E-state index contributed by atoms with van der Waals surface area (Å²) in [6, 6.07) is 25.1. The van der Waals surface area contributed by atoms with Crippen LogP contribution in [0.2, 0.25) is 0 Å². The lowest BCUT2D eigenvalue weighted by Gasteiger charge is -2.19. The molecular formula is C26H27N3O3. The van der Waals surface area contributed by atoms with Gasteiger partial charge in [-0.25, -0.2) is 4.98 Å². The highest BCUT2D eigenvalue weighted by atomic mass is 16.5. The van der Waals surface area contributed by atoms with Crippen molar-refractivity contribution in [2.75, 3.05) is 7.11 Å². The van der Waals surface area contributed by atoms with E-state index in [1.807, 2.05) is 83.4 Å². The molecule has 1 unspecified atom stereocenters. The number of nitrogens with one attached hydrogen (secondary N) is 1. The maximum atomic E-state index is 13.0. The van der Waals surface area contributed by atoms with E-state index >= 15 is 0 Å². The number of carbonyl (C=O) groups is 1. The second-order valence-electron chi connectivity index (χ2n) is 7.51. The SMILES string of the molecule is CCC(NC(=O)Cn1c(COc2ccccc2)nc2ccccc21)c1ccc(OC)cc1. The Morgan fingerprint density at radius 1 is 0.969 bits per heavy atom. The summed E-state index contributed by atoms with van der Waals surface area (Å²) in [5, 5.41) is 3.16. The number of imidazole rings is 1. The van der Waals surface area contributed by atoms with Gasteiger partial charge in [0.05, 0.1) is 24.2 Å². The molecule has 0 saturated heterocycles. The maximum Gasteiger partial charge on any atom is 0.240 e. The molecule has 1 aromatic heterocycles. The summed E-state index contributed by atoms with van der Waals surface area (Å²) in [6.07, 6.45) is 0.784. The van der Waals surface area contributed by atoms with Crippen LogP contribution in [0.25, 0.3) is 11.0 Å². The van der Waals surface area contributed by atoms with Gasteiger partial charge in [0.15, 0.2) is 0 Å². The predicted molar refractivity (Wildman–Crippen MR) is 125 cm³/mol. The Balaban J connectivity index is 1.52. The highest BCUT2D eigenvalue weighted by Crippen LogP contribution is 2.21. The molecule has 0 saturated carbocycles. The zero-order valence-electron chi connectivity index (χ0n) is 18.3. The van der Waals surface area contributed by atoms with Crippen LogP contribution in [0.1, 0.15) is 30.8 Å². The first-order valence-electron chi connectivity index (χ1n) is 10.7. The van der Waals surface area contributed by atoms with Crippen LogP contribution < -0.4 is 14.8 Å². The van der Waals surface area contributed by atoms with Gasteiger partial charge in [-0.2, -0.15) is 0 Å². The molecule has 1 amide bonds. The van der Waals surface area contributed by atoms with Crippen molar-refractivity contribution >= 4 is 16.9 Å². The second kappa shape index (κ2) is 10.0. The molecule has 1 N–H and O–H groups in total. The summed E-state index contributed by atoms with van der Waals surface area (Å²) in [7, 11) is 1.64. The predicted octanol–water partition coefficient (Wildman–Crippen LogP) is 4.89. The van der Waals surface area contributed by atoms with Crippen molar-refractivity contribution < 1.29 is 14.3 Å². The third-order valence-corrected chi connectivity index (χ3v) is 5.41. The van der Waals surface area contributed by atoms with Crippen LogP contribution in [-0.4, -0.2) is 22.6 Å². The van der Waals surface area contributed by atoms with Crippen molar-refractivity contribution in [2.24, 2.45) is 0 Å². The first-order valence-corrected chi connectivity index (χ1v) is 10.7. The Kier molecular flexibility index (Phi) is 6.70. The number of fused-ring (bicyclic) bond motifs is 1. The van der Waals surface area contributed by atoms with Gasteiger partial charge in [0.25, 0.3) is 0 Å². The summed E-state index contributed by atoms with van der Waals surface area (Å²) in [6.45, 7) is 2.50. The number of methoxy groups -OCH3 is 1. The van der Waals surface area contributed by atoms with E-state index in [0.717, 1.165) is 34.5 Å². The fourth-order valence-corrected chi connectivity index (χ4v) is 3.72. The van der Waals surface area contributed by atoms with Crippen LogP contribution in [0.3, 0.4) is 0 Å². The number of amides is 1. The largest absolute Gasteiger partial charge is 0.497 e. The van der Waals surface area contributed by atoms with E-state index in [1.54, 1.807) is 7.11 Å². The van der Waals surface area contributed by atoms with Gasteiger partial charge >= 0.3 is 0 Å². The minimum absolute atomic E-state index is 0.0724. The molecule has 4 aromatic rings. The number of ether oxygens (including phenoxy) is 2.